The fourth-order valence-corrected chi connectivity index (χ4v) is 2.88. The minimum absolute atomic E-state index is 0. The van der Waals surface area contributed by atoms with Crippen molar-refractivity contribution in [1.82, 2.24) is 25.4 Å². The number of nitrogens with one attached hydrogen (secondary N) is 2. The zero-order valence-corrected chi connectivity index (χ0v) is 19.7. The van der Waals surface area contributed by atoms with Crippen LogP contribution in [0.15, 0.2) is 66.0 Å². The predicted octanol–water partition coefficient (Wildman–Crippen LogP) is 3.58. The van der Waals surface area contributed by atoms with Gasteiger partial charge in [0.05, 0.1) is 18.8 Å². The second kappa shape index (κ2) is 12.8. The van der Waals surface area contributed by atoms with Gasteiger partial charge in [-0.2, -0.15) is 5.10 Å². The molecular formula is C22H29IN6O. The van der Waals surface area contributed by atoms with Crippen LogP contribution in [0.4, 0.5) is 0 Å². The van der Waals surface area contributed by atoms with Crippen LogP contribution < -0.4 is 15.4 Å². The van der Waals surface area contributed by atoms with E-state index < -0.39 is 0 Å². The molecule has 0 amide bonds. The molecule has 1 aromatic carbocycles. The SMILES string of the molecule is CCNC(=NCc1cccnc1OCC)NCCc1ccc(-n2cccn2)cc1.I. The summed E-state index contributed by atoms with van der Waals surface area (Å²) in [5.74, 6) is 1.43. The Labute approximate surface area is 195 Å². The van der Waals surface area contributed by atoms with Gasteiger partial charge >= 0.3 is 0 Å². The molecule has 0 unspecified atom stereocenters. The fourth-order valence-electron chi connectivity index (χ4n) is 2.88. The molecule has 0 bridgehead atoms. The molecule has 0 aliphatic carbocycles. The van der Waals surface area contributed by atoms with E-state index >= 15 is 0 Å². The Morgan fingerprint density at radius 2 is 1.90 bits per heavy atom. The van der Waals surface area contributed by atoms with Gasteiger partial charge in [-0.15, -0.1) is 24.0 Å². The van der Waals surface area contributed by atoms with Crippen molar-refractivity contribution in [3.05, 3.63) is 72.2 Å². The topological polar surface area (TPSA) is 76.4 Å². The summed E-state index contributed by atoms with van der Waals surface area (Å²) in [5.41, 5.74) is 3.29. The van der Waals surface area contributed by atoms with Gasteiger partial charge in [0.15, 0.2) is 5.96 Å². The lowest BCUT2D eigenvalue weighted by molar-refractivity contribution is 0.323. The number of benzene rings is 1. The number of rotatable bonds is 9. The molecule has 0 radical (unpaired) electrons. The molecule has 0 fully saturated rings. The van der Waals surface area contributed by atoms with E-state index in [1.54, 1.807) is 12.4 Å². The molecule has 2 N–H and O–H groups in total. The van der Waals surface area contributed by atoms with Crippen molar-refractivity contribution >= 4 is 29.9 Å². The van der Waals surface area contributed by atoms with Crippen molar-refractivity contribution in [2.24, 2.45) is 4.99 Å². The van der Waals surface area contributed by atoms with Crippen LogP contribution in [0.1, 0.15) is 25.0 Å². The van der Waals surface area contributed by atoms with Crippen LogP contribution in [-0.4, -0.2) is 40.4 Å². The third-order valence-corrected chi connectivity index (χ3v) is 4.29. The largest absolute Gasteiger partial charge is 0.478 e. The van der Waals surface area contributed by atoms with Crippen molar-refractivity contribution in [3.8, 4) is 11.6 Å². The highest BCUT2D eigenvalue weighted by atomic mass is 127. The number of aliphatic imine (C=N–C) groups is 1. The Kier molecular flexibility index (Phi) is 10.1. The third-order valence-electron chi connectivity index (χ3n) is 4.29. The fraction of sp³-hybridized carbons (Fsp3) is 0.318. The Bertz CT molecular complexity index is 896. The Morgan fingerprint density at radius 1 is 1.07 bits per heavy atom. The van der Waals surface area contributed by atoms with Crippen molar-refractivity contribution in [1.29, 1.82) is 0 Å². The Morgan fingerprint density at radius 3 is 2.60 bits per heavy atom. The molecule has 0 aliphatic rings. The number of hydrogen-bond donors (Lipinski definition) is 2. The molecule has 160 valence electrons. The summed E-state index contributed by atoms with van der Waals surface area (Å²) in [6.07, 6.45) is 6.36. The molecule has 30 heavy (non-hydrogen) atoms. The van der Waals surface area contributed by atoms with E-state index in [2.05, 4.69) is 56.9 Å². The van der Waals surface area contributed by atoms with E-state index in [0.29, 0.717) is 19.0 Å². The summed E-state index contributed by atoms with van der Waals surface area (Å²) in [6.45, 7) is 6.70. The highest BCUT2D eigenvalue weighted by Crippen LogP contribution is 2.15. The molecule has 8 heteroatoms. The lowest BCUT2D eigenvalue weighted by atomic mass is 10.1. The molecule has 3 aromatic rings. The average molecular weight is 520 g/mol. The van der Waals surface area contributed by atoms with E-state index in [0.717, 1.165) is 36.7 Å². The van der Waals surface area contributed by atoms with Crippen LogP contribution in [0.25, 0.3) is 5.69 Å². The van der Waals surface area contributed by atoms with Gasteiger partial charge in [-0.05, 0) is 50.1 Å². The van der Waals surface area contributed by atoms with E-state index in [-0.39, 0.29) is 24.0 Å². The van der Waals surface area contributed by atoms with Gasteiger partial charge in [0.25, 0.3) is 0 Å². The van der Waals surface area contributed by atoms with Crippen LogP contribution in [0, 0.1) is 0 Å². The molecule has 0 spiro atoms. The van der Waals surface area contributed by atoms with Gasteiger partial charge in [-0.3, -0.25) is 0 Å². The molecule has 7 nitrogen and oxygen atoms in total. The summed E-state index contributed by atoms with van der Waals surface area (Å²) >= 11 is 0. The number of nitrogens with zero attached hydrogens (tertiary/aromatic N) is 4. The van der Waals surface area contributed by atoms with Crippen LogP contribution in [-0.2, 0) is 13.0 Å². The van der Waals surface area contributed by atoms with Crippen LogP contribution in [0.5, 0.6) is 5.88 Å². The maximum Gasteiger partial charge on any atom is 0.218 e. The number of guanidine groups is 1. The molecule has 0 saturated heterocycles. The summed E-state index contributed by atoms with van der Waals surface area (Å²) in [5, 5.41) is 10.9. The van der Waals surface area contributed by atoms with Crippen LogP contribution in [0.2, 0.25) is 0 Å². The number of pyridine rings is 1. The summed E-state index contributed by atoms with van der Waals surface area (Å²) in [6, 6.07) is 14.2. The number of hydrogen-bond acceptors (Lipinski definition) is 4. The van der Waals surface area contributed by atoms with E-state index in [1.165, 1.54) is 5.56 Å². The molecule has 0 saturated carbocycles. The van der Waals surface area contributed by atoms with Gasteiger partial charge < -0.3 is 15.4 Å². The molecule has 3 rings (SSSR count). The first kappa shape index (κ1) is 23.7. The standard InChI is InChI=1S/C22H28N6O.HI/c1-3-23-22(26-17-19-7-5-13-24-21(19)29-4-2)25-15-12-18-8-10-20(11-9-18)28-16-6-14-27-28;/h5-11,13-14,16H,3-4,12,15,17H2,1-2H3,(H2,23,25,26);1H. The molecule has 0 aliphatic heterocycles. The number of aromatic nitrogens is 3. The van der Waals surface area contributed by atoms with Crippen LogP contribution >= 0.6 is 24.0 Å². The van der Waals surface area contributed by atoms with Gasteiger partial charge in [0.1, 0.15) is 0 Å². The summed E-state index contributed by atoms with van der Waals surface area (Å²) in [4.78, 5) is 8.95. The van der Waals surface area contributed by atoms with E-state index in [4.69, 9.17) is 4.74 Å². The first-order valence-corrected chi connectivity index (χ1v) is 9.98. The van der Waals surface area contributed by atoms with Gasteiger partial charge in [0, 0.05) is 37.2 Å². The second-order valence-electron chi connectivity index (χ2n) is 6.39. The first-order valence-electron chi connectivity index (χ1n) is 9.98. The minimum atomic E-state index is 0. The van der Waals surface area contributed by atoms with E-state index in [1.807, 2.05) is 36.0 Å². The first-order chi connectivity index (χ1) is 14.3. The molecule has 2 heterocycles. The smallest absolute Gasteiger partial charge is 0.218 e. The Hall–Kier alpha value is -2.62. The monoisotopic (exact) mass is 520 g/mol. The average Bonchev–Trinajstić information content (AvgIpc) is 3.28. The van der Waals surface area contributed by atoms with E-state index in [9.17, 15) is 0 Å². The minimum Gasteiger partial charge on any atom is -0.478 e. The van der Waals surface area contributed by atoms with Crippen LogP contribution in [0.3, 0.4) is 0 Å². The molecule has 2 aromatic heterocycles. The van der Waals surface area contributed by atoms with Gasteiger partial charge in [-0.25, -0.2) is 14.7 Å². The maximum absolute atomic E-state index is 5.58. The maximum atomic E-state index is 5.58. The lowest BCUT2D eigenvalue weighted by Crippen LogP contribution is -2.38. The number of halogens is 1. The zero-order valence-electron chi connectivity index (χ0n) is 17.4. The quantitative estimate of drug-likeness (QED) is 0.256. The lowest BCUT2D eigenvalue weighted by Gasteiger charge is -2.12. The number of ether oxygens (including phenoxy) is 1. The molecule has 0 atom stereocenters. The summed E-state index contributed by atoms with van der Waals surface area (Å²) in [7, 11) is 0. The normalized spacial score (nSPS) is 10.9. The zero-order chi connectivity index (χ0) is 20.3. The second-order valence-corrected chi connectivity index (χ2v) is 6.39. The predicted molar refractivity (Wildman–Crippen MR) is 131 cm³/mol. The van der Waals surface area contributed by atoms with Crippen molar-refractivity contribution in [3.63, 3.8) is 0 Å². The van der Waals surface area contributed by atoms with Crippen molar-refractivity contribution in [2.75, 3.05) is 19.7 Å². The van der Waals surface area contributed by atoms with Gasteiger partial charge in [0.2, 0.25) is 5.88 Å². The summed E-state index contributed by atoms with van der Waals surface area (Å²) < 4.78 is 7.43. The Balaban J connectivity index is 0.00000320. The van der Waals surface area contributed by atoms with Crippen molar-refractivity contribution < 1.29 is 4.74 Å². The van der Waals surface area contributed by atoms with Gasteiger partial charge in [-0.1, -0.05) is 18.2 Å². The molecular weight excluding hydrogens is 491 g/mol. The highest BCUT2D eigenvalue weighted by Gasteiger charge is 2.05. The van der Waals surface area contributed by atoms with Crippen molar-refractivity contribution in [2.45, 2.75) is 26.8 Å². The highest BCUT2D eigenvalue weighted by molar-refractivity contribution is 14.0. The third kappa shape index (κ3) is 7.01.